The molecule has 1 heterocycles. The average Bonchev–Trinajstić information content (AvgIpc) is 2.77. The second-order valence-electron chi connectivity index (χ2n) is 3.85. The van der Waals surface area contributed by atoms with E-state index in [0.29, 0.717) is 11.4 Å². The quantitative estimate of drug-likeness (QED) is 0.833. The maximum absolute atomic E-state index is 13.4. The van der Waals surface area contributed by atoms with Gasteiger partial charge in [0.15, 0.2) is 0 Å². The van der Waals surface area contributed by atoms with Gasteiger partial charge in [-0.15, -0.1) is 0 Å². The summed E-state index contributed by atoms with van der Waals surface area (Å²) in [6.07, 6.45) is 1.51. The Labute approximate surface area is 114 Å². The molecule has 98 valence electrons. The number of hydrogen-bond acceptors (Lipinski definition) is 3. The van der Waals surface area contributed by atoms with Crippen molar-refractivity contribution in [2.75, 3.05) is 5.32 Å². The zero-order valence-electron chi connectivity index (χ0n) is 10.1. The summed E-state index contributed by atoms with van der Waals surface area (Å²) in [5.41, 5.74) is 6.30. The van der Waals surface area contributed by atoms with Crippen LogP contribution in [0.25, 0.3) is 0 Å². The number of aromatic nitrogens is 2. The molecule has 0 atom stereocenters. The van der Waals surface area contributed by atoms with Gasteiger partial charge in [0.25, 0.3) is 5.91 Å². The Morgan fingerprint density at radius 2 is 2.21 bits per heavy atom. The van der Waals surface area contributed by atoms with Gasteiger partial charge < -0.3 is 11.1 Å². The first-order valence-electron chi connectivity index (χ1n) is 5.37. The van der Waals surface area contributed by atoms with E-state index in [1.165, 1.54) is 29.1 Å². The van der Waals surface area contributed by atoms with Gasteiger partial charge in [-0.05, 0) is 24.3 Å². The smallest absolute Gasteiger partial charge is 0.273 e. The molecule has 5 nitrogen and oxygen atoms in total. The Morgan fingerprint density at radius 3 is 2.79 bits per heavy atom. The van der Waals surface area contributed by atoms with Gasteiger partial charge in [0.1, 0.15) is 16.5 Å². The van der Waals surface area contributed by atoms with Crippen molar-refractivity contribution in [1.29, 1.82) is 0 Å². The standard InChI is InChI=1S/C12H11FN4OS/c1-17-10(4-5-15-17)12(18)16-7-2-3-9(13)8(6-7)11(14)19/h2-6H,1H3,(H2,14,19)(H,16,18). The summed E-state index contributed by atoms with van der Waals surface area (Å²) in [5, 5.41) is 6.52. The SMILES string of the molecule is Cn1nccc1C(=O)Nc1ccc(F)c(C(N)=S)c1. The van der Waals surface area contributed by atoms with E-state index in [4.69, 9.17) is 18.0 Å². The molecule has 1 aromatic heterocycles. The molecule has 0 aliphatic rings. The van der Waals surface area contributed by atoms with E-state index >= 15 is 0 Å². The molecule has 0 bridgehead atoms. The zero-order valence-corrected chi connectivity index (χ0v) is 10.9. The highest BCUT2D eigenvalue weighted by Gasteiger charge is 2.12. The van der Waals surface area contributed by atoms with Crippen LogP contribution in [0.5, 0.6) is 0 Å². The van der Waals surface area contributed by atoms with Crippen molar-refractivity contribution in [2.45, 2.75) is 0 Å². The molecule has 0 unspecified atom stereocenters. The molecule has 3 N–H and O–H groups in total. The second-order valence-corrected chi connectivity index (χ2v) is 4.29. The van der Waals surface area contributed by atoms with Gasteiger partial charge in [-0.1, -0.05) is 12.2 Å². The van der Waals surface area contributed by atoms with Crippen LogP contribution in [0.2, 0.25) is 0 Å². The lowest BCUT2D eigenvalue weighted by atomic mass is 10.2. The fraction of sp³-hybridized carbons (Fsp3) is 0.0833. The van der Waals surface area contributed by atoms with Crippen LogP contribution in [0.15, 0.2) is 30.5 Å². The first-order valence-corrected chi connectivity index (χ1v) is 5.78. The van der Waals surface area contributed by atoms with E-state index in [9.17, 15) is 9.18 Å². The third-order valence-electron chi connectivity index (χ3n) is 2.54. The number of halogens is 1. The Bertz CT molecular complexity index is 653. The van der Waals surface area contributed by atoms with Crippen LogP contribution in [0.4, 0.5) is 10.1 Å². The maximum atomic E-state index is 13.4. The highest BCUT2D eigenvalue weighted by Crippen LogP contribution is 2.15. The molecule has 0 saturated carbocycles. The van der Waals surface area contributed by atoms with E-state index in [1.54, 1.807) is 13.1 Å². The number of rotatable bonds is 3. The molecule has 0 radical (unpaired) electrons. The van der Waals surface area contributed by atoms with Gasteiger partial charge in [-0.2, -0.15) is 5.10 Å². The number of nitrogens with zero attached hydrogens (tertiary/aromatic N) is 2. The van der Waals surface area contributed by atoms with E-state index in [2.05, 4.69) is 10.4 Å². The number of nitrogens with one attached hydrogen (secondary N) is 1. The van der Waals surface area contributed by atoms with Crippen molar-refractivity contribution in [3.8, 4) is 0 Å². The summed E-state index contributed by atoms with van der Waals surface area (Å²) < 4.78 is 14.8. The summed E-state index contributed by atoms with van der Waals surface area (Å²) in [4.78, 5) is 11.9. The lowest BCUT2D eigenvalue weighted by Crippen LogP contribution is -2.17. The van der Waals surface area contributed by atoms with Gasteiger partial charge >= 0.3 is 0 Å². The van der Waals surface area contributed by atoms with E-state index in [1.807, 2.05) is 0 Å². The molecule has 0 saturated heterocycles. The average molecular weight is 278 g/mol. The third-order valence-corrected chi connectivity index (χ3v) is 2.76. The summed E-state index contributed by atoms with van der Waals surface area (Å²) >= 11 is 4.73. The molecule has 1 aromatic carbocycles. The molecule has 7 heteroatoms. The van der Waals surface area contributed by atoms with Gasteiger partial charge in [0.05, 0.1) is 0 Å². The predicted molar refractivity (Wildman–Crippen MR) is 73.4 cm³/mol. The number of aryl methyl sites for hydroxylation is 1. The summed E-state index contributed by atoms with van der Waals surface area (Å²) in [7, 11) is 1.65. The monoisotopic (exact) mass is 278 g/mol. The van der Waals surface area contributed by atoms with Crippen LogP contribution in [0.3, 0.4) is 0 Å². The van der Waals surface area contributed by atoms with E-state index in [0.717, 1.165) is 0 Å². The highest BCUT2D eigenvalue weighted by atomic mass is 32.1. The molecular formula is C12H11FN4OS. The number of carbonyl (C=O) groups excluding carboxylic acids is 1. The van der Waals surface area contributed by atoms with E-state index < -0.39 is 5.82 Å². The number of benzene rings is 1. The van der Waals surface area contributed by atoms with Crippen molar-refractivity contribution >= 4 is 28.8 Å². The Morgan fingerprint density at radius 1 is 1.47 bits per heavy atom. The van der Waals surface area contributed by atoms with Crippen LogP contribution in [-0.4, -0.2) is 20.7 Å². The molecular weight excluding hydrogens is 267 g/mol. The molecule has 0 fully saturated rings. The van der Waals surface area contributed by atoms with Crippen molar-refractivity contribution in [3.05, 3.63) is 47.5 Å². The predicted octanol–water partition coefficient (Wildman–Crippen LogP) is 1.45. The largest absolute Gasteiger partial charge is 0.389 e. The Kier molecular flexibility index (Phi) is 3.57. The molecule has 19 heavy (non-hydrogen) atoms. The molecule has 0 aliphatic heterocycles. The van der Waals surface area contributed by atoms with Crippen LogP contribution in [0.1, 0.15) is 16.1 Å². The van der Waals surface area contributed by atoms with Gasteiger partial charge in [-0.3, -0.25) is 9.48 Å². The minimum absolute atomic E-state index is 0.0610. The summed E-state index contributed by atoms with van der Waals surface area (Å²) in [6.45, 7) is 0. The molecule has 0 spiro atoms. The summed E-state index contributed by atoms with van der Waals surface area (Å²) in [6, 6.07) is 5.61. The number of thiocarbonyl (C=S) groups is 1. The van der Waals surface area contributed by atoms with Gasteiger partial charge in [0, 0.05) is 24.5 Å². The second kappa shape index (κ2) is 5.15. The third kappa shape index (κ3) is 2.76. The van der Waals surface area contributed by atoms with Gasteiger partial charge in [-0.25, -0.2) is 4.39 Å². The lowest BCUT2D eigenvalue weighted by molar-refractivity contribution is 0.101. The number of nitrogens with two attached hydrogens (primary N) is 1. The van der Waals surface area contributed by atoms with Crippen molar-refractivity contribution in [2.24, 2.45) is 12.8 Å². The van der Waals surface area contributed by atoms with E-state index in [-0.39, 0.29) is 16.5 Å². The van der Waals surface area contributed by atoms with Crippen molar-refractivity contribution in [3.63, 3.8) is 0 Å². The van der Waals surface area contributed by atoms with Crippen molar-refractivity contribution in [1.82, 2.24) is 9.78 Å². The molecule has 0 aliphatic carbocycles. The number of anilines is 1. The van der Waals surface area contributed by atoms with Crippen molar-refractivity contribution < 1.29 is 9.18 Å². The van der Waals surface area contributed by atoms with Crippen LogP contribution < -0.4 is 11.1 Å². The first-order chi connectivity index (χ1) is 8.99. The number of carbonyl (C=O) groups is 1. The normalized spacial score (nSPS) is 10.2. The fourth-order valence-corrected chi connectivity index (χ4v) is 1.74. The van der Waals surface area contributed by atoms with Crippen LogP contribution in [-0.2, 0) is 7.05 Å². The maximum Gasteiger partial charge on any atom is 0.273 e. The fourth-order valence-electron chi connectivity index (χ4n) is 1.58. The van der Waals surface area contributed by atoms with Crippen LogP contribution >= 0.6 is 12.2 Å². The lowest BCUT2D eigenvalue weighted by Gasteiger charge is -2.08. The minimum Gasteiger partial charge on any atom is -0.389 e. The number of amides is 1. The van der Waals surface area contributed by atoms with Gasteiger partial charge in [0.2, 0.25) is 0 Å². The minimum atomic E-state index is -0.522. The number of hydrogen-bond donors (Lipinski definition) is 2. The summed E-state index contributed by atoms with van der Waals surface area (Å²) in [5.74, 6) is -0.869. The molecule has 1 amide bonds. The molecule has 2 aromatic rings. The first kappa shape index (κ1) is 13.2. The molecule has 2 rings (SSSR count). The Balaban J connectivity index is 2.25. The zero-order chi connectivity index (χ0) is 14.0. The highest BCUT2D eigenvalue weighted by molar-refractivity contribution is 7.80. The van der Waals surface area contributed by atoms with Crippen LogP contribution in [0, 0.1) is 5.82 Å². The Hall–Kier alpha value is -2.28. The topological polar surface area (TPSA) is 72.9 Å².